The van der Waals surface area contributed by atoms with Gasteiger partial charge in [-0.2, -0.15) is 8.42 Å². The molecule has 0 heterocycles. The third kappa shape index (κ3) is 33.5. The Morgan fingerprint density at radius 3 is 1.07 bits per heavy atom. The maximum absolute atomic E-state index is 12.3. The Hall–Kier alpha value is -0.150. The van der Waals surface area contributed by atoms with Crippen LogP contribution >= 0.6 is 0 Å². The van der Waals surface area contributed by atoms with Gasteiger partial charge >= 0.3 is 41.5 Å². The fourth-order valence-electron chi connectivity index (χ4n) is 5.57. The summed E-state index contributed by atoms with van der Waals surface area (Å²) in [5, 5.41) is -1.93. The molecule has 45 heavy (non-hydrogen) atoms. The van der Waals surface area contributed by atoms with E-state index in [1.807, 2.05) is 0 Å². The molecule has 9 heteroatoms. The van der Waals surface area contributed by atoms with Gasteiger partial charge in [0.1, 0.15) is 0 Å². The van der Waals surface area contributed by atoms with E-state index in [0.717, 1.165) is 32.1 Å². The van der Waals surface area contributed by atoms with Crippen molar-refractivity contribution in [3.05, 3.63) is 0 Å². The van der Waals surface area contributed by atoms with Gasteiger partial charge in [0.25, 0.3) is 10.1 Å². The van der Waals surface area contributed by atoms with Crippen molar-refractivity contribution >= 4 is 22.1 Å². The minimum Gasteiger partial charge on any atom is -1.00 e. The molecule has 264 valence electrons. The summed E-state index contributed by atoms with van der Waals surface area (Å²) < 4.78 is 43.2. The molecule has 7 nitrogen and oxygen atoms in total. The fourth-order valence-corrected chi connectivity index (χ4v) is 6.22. The summed E-state index contributed by atoms with van der Waals surface area (Å²) in [7, 11) is -4.77. The van der Waals surface area contributed by atoms with Crippen molar-refractivity contribution in [1.29, 1.82) is 0 Å². The fraction of sp³-hybridized carbons (Fsp3) is 0.944. The first kappa shape index (κ1) is 47.0. The van der Waals surface area contributed by atoms with Crippen LogP contribution in [0.5, 0.6) is 0 Å². The molecule has 1 N–H and O–H groups in total. The number of carbonyl (C=O) groups excluding carboxylic acids is 2. The zero-order valence-electron chi connectivity index (χ0n) is 30.8. The van der Waals surface area contributed by atoms with E-state index in [4.69, 9.17) is 9.47 Å². The van der Waals surface area contributed by atoms with Gasteiger partial charge in [-0.15, -0.1) is 0 Å². The summed E-state index contributed by atoms with van der Waals surface area (Å²) in [4.78, 5) is 24.4. The molecule has 0 aromatic carbocycles. The first-order chi connectivity index (χ1) is 21.3. The topological polar surface area (TPSA) is 107 Å². The molecule has 1 unspecified atom stereocenters. The van der Waals surface area contributed by atoms with Crippen LogP contribution in [0, 0.1) is 0 Å². The second-order valence-corrected chi connectivity index (χ2v) is 14.4. The van der Waals surface area contributed by atoms with Gasteiger partial charge in [0.2, 0.25) is 0 Å². The number of esters is 2. The Morgan fingerprint density at radius 1 is 0.511 bits per heavy atom. The van der Waals surface area contributed by atoms with Crippen molar-refractivity contribution in [2.75, 3.05) is 13.2 Å². The Balaban J connectivity index is -0.00000924. The van der Waals surface area contributed by atoms with Crippen molar-refractivity contribution in [3.8, 4) is 0 Å². The normalized spacial score (nSPS) is 12.1. The van der Waals surface area contributed by atoms with Crippen molar-refractivity contribution < 1.29 is 63.0 Å². The molecule has 0 aliphatic heterocycles. The first-order valence-corrected chi connectivity index (χ1v) is 20.1. The number of hydrogen-bond acceptors (Lipinski definition) is 6. The van der Waals surface area contributed by atoms with Crippen LogP contribution in [-0.4, -0.2) is 43.4 Å². The Bertz CT molecular complexity index is 767. The van der Waals surface area contributed by atoms with Gasteiger partial charge in [0.05, 0.1) is 19.6 Å². The van der Waals surface area contributed by atoms with Gasteiger partial charge in [0.15, 0.2) is 5.25 Å². The molecule has 0 aromatic heterocycles. The van der Waals surface area contributed by atoms with Gasteiger partial charge in [-0.1, -0.05) is 181 Å². The summed E-state index contributed by atoms with van der Waals surface area (Å²) in [6, 6.07) is 0. The summed E-state index contributed by atoms with van der Waals surface area (Å²) in [6.45, 7) is 4.76. The van der Waals surface area contributed by atoms with E-state index in [9.17, 15) is 22.6 Å². The van der Waals surface area contributed by atoms with Crippen molar-refractivity contribution in [2.45, 2.75) is 205 Å². The maximum Gasteiger partial charge on any atom is 1.00 e. The third-order valence-electron chi connectivity index (χ3n) is 8.48. The van der Waals surface area contributed by atoms with Crippen molar-refractivity contribution in [1.82, 2.24) is 0 Å². The number of ether oxygens (including phenoxy) is 2. The predicted molar refractivity (Wildman–Crippen MR) is 184 cm³/mol. The second kappa shape index (κ2) is 35.2. The molecule has 0 saturated heterocycles. The van der Waals surface area contributed by atoms with Crippen LogP contribution in [0.4, 0.5) is 0 Å². The molecule has 1 atom stereocenters. The van der Waals surface area contributed by atoms with E-state index in [1.165, 1.54) is 135 Å². The van der Waals surface area contributed by atoms with E-state index in [2.05, 4.69) is 13.8 Å². The van der Waals surface area contributed by atoms with Gasteiger partial charge in [0, 0.05) is 0 Å². The molecule has 0 rings (SSSR count). The molecule has 0 amide bonds. The molecule has 0 aromatic rings. The smallest absolute Gasteiger partial charge is 1.00 e. The van der Waals surface area contributed by atoms with Gasteiger partial charge < -0.3 is 10.9 Å². The number of carbonyl (C=O) groups is 2. The summed E-state index contributed by atoms with van der Waals surface area (Å²) in [5.74, 6) is -1.90. The molecular weight excluding hydrogens is 599 g/mol. The Kier molecular flexibility index (Phi) is 36.7. The van der Waals surface area contributed by atoms with E-state index >= 15 is 0 Å². The number of rotatable bonds is 34. The monoisotopic (exact) mass is 670 g/mol. The maximum atomic E-state index is 12.3. The van der Waals surface area contributed by atoms with Gasteiger partial charge in [-0.25, -0.2) is 0 Å². The Morgan fingerprint density at radius 2 is 0.778 bits per heavy atom. The predicted octanol–water partition coefficient (Wildman–Crippen LogP) is 7.80. The van der Waals surface area contributed by atoms with E-state index in [0.29, 0.717) is 12.8 Å². The molecular formula is C36H71NaO7S. The van der Waals surface area contributed by atoms with Crippen LogP contribution in [0.1, 0.15) is 201 Å². The van der Waals surface area contributed by atoms with Crippen LogP contribution in [0.25, 0.3) is 0 Å². The molecule has 0 bridgehead atoms. The second-order valence-electron chi connectivity index (χ2n) is 12.8. The van der Waals surface area contributed by atoms with Gasteiger partial charge in [-0.3, -0.25) is 14.1 Å². The number of unbranched alkanes of at least 4 members (excludes halogenated alkanes) is 26. The average molecular weight is 671 g/mol. The first-order valence-electron chi connectivity index (χ1n) is 18.6. The minimum atomic E-state index is -4.77. The SMILES string of the molecule is CCCCCCCCCCCCCCCCOC(=O)CC(C(=O)OCCCCCCCCCCCCCCCC)S(=O)(=O)O.[H-].[Na+]. The number of hydrogen-bond donors (Lipinski definition) is 1. The summed E-state index contributed by atoms with van der Waals surface area (Å²) in [6.07, 6.45) is 33.3. The third-order valence-corrected chi connectivity index (χ3v) is 9.56. The van der Waals surface area contributed by atoms with Crippen LogP contribution in [0.15, 0.2) is 0 Å². The molecule has 0 aliphatic rings. The van der Waals surface area contributed by atoms with Gasteiger partial charge in [-0.05, 0) is 12.8 Å². The van der Waals surface area contributed by atoms with Crippen molar-refractivity contribution in [2.24, 2.45) is 0 Å². The van der Waals surface area contributed by atoms with Crippen LogP contribution in [-0.2, 0) is 29.2 Å². The zero-order chi connectivity index (χ0) is 32.6. The van der Waals surface area contributed by atoms with E-state index < -0.39 is 33.7 Å². The van der Waals surface area contributed by atoms with Crippen LogP contribution in [0.2, 0.25) is 0 Å². The van der Waals surface area contributed by atoms with E-state index in [-0.39, 0.29) is 44.2 Å². The molecule has 0 fully saturated rings. The summed E-state index contributed by atoms with van der Waals surface area (Å²) >= 11 is 0. The van der Waals surface area contributed by atoms with E-state index in [1.54, 1.807) is 0 Å². The largest absolute Gasteiger partial charge is 1.00 e. The quantitative estimate of drug-likeness (QED) is 0.0322. The molecule has 0 saturated carbocycles. The van der Waals surface area contributed by atoms with Crippen LogP contribution in [0.3, 0.4) is 0 Å². The standard InChI is InChI=1S/C36H70O7S.Na.H/c1-3-5-7-9-11-13-15-17-19-21-23-25-27-29-31-42-35(37)33-34(44(39,40)41)36(38)43-32-30-28-26-24-22-20-18-16-14-12-10-8-6-4-2;;/h34H,3-33H2,1-2H3,(H,39,40,41);;/q;+1;-1. The summed E-state index contributed by atoms with van der Waals surface area (Å²) in [5.41, 5.74) is 0. The van der Waals surface area contributed by atoms with Crippen LogP contribution < -0.4 is 29.6 Å². The molecule has 0 aliphatic carbocycles. The zero-order valence-corrected chi connectivity index (χ0v) is 32.6. The van der Waals surface area contributed by atoms with Crippen molar-refractivity contribution in [3.63, 3.8) is 0 Å². The molecule has 0 spiro atoms. The molecule has 0 radical (unpaired) electrons. The average Bonchev–Trinajstić information content (AvgIpc) is 2.99. The minimum absolute atomic E-state index is 0. The Labute approximate surface area is 302 Å².